The molecule has 0 unspecified atom stereocenters. The van der Waals surface area contributed by atoms with Gasteiger partial charge in [-0.05, 0) is 12.1 Å². The average molecular weight is 246 g/mol. The summed E-state index contributed by atoms with van der Waals surface area (Å²) in [6.07, 6.45) is 1.49. The number of carbonyl (C=O) groups excluding carboxylic acids is 1. The molecule has 0 fully saturated rings. The standard InChI is InChI=1S/C8H11N5O2.ClH/c1-15-12-8(14)13(7(9)10)6-4-2-3-5-11-6;/h2-5H,1H3,(H3,9,10)(H,12,14);1H. The van der Waals surface area contributed by atoms with Crippen LogP contribution in [0.15, 0.2) is 24.4 Å². The first-order valence-corrected chi connectivity index (χ1v) is 4.05. The molecule has 0 saturated heterocycles. The van der Waals surface area contributed by atoms with Gasteiger partial charge in [0.15, 0.2) is 0 Å². The Morgan fingerprint density at radius 1 is 1.62 bits per heavy atom. The number of aromatic nitrogens is 1. The molecular weight excluding hydrogens is 234 g/mol. The van der Waals surface area contributed by atoms with E-state index in [4.69, 9.17) is 11.1 Å². The van der Waals surface area contributed by atoms with Gasteiger partial charge in [-0.15, -0.1) is 12.4 Å². The number of amides is 2. The molecule has 0 aliphatic rings. The van der Waals surface area contributed by atoms with Gasteiger partial charge in [0.1, 0.15) is 5.82 Å². The van der Waals surface area contributed by atoms with E-state index in [-0.39, 0.29) is 18.2 Å². The summed E-state index contributed by atoms with van der Waals surface area (Å²) in [5, 5.41) is 7.25. The van der Waals surface area contributed by atoms with Crippen molar-refractivity contribution >= 4 is 30.2 Å². The van der Waals surface area contributed by atoms with Gasteiger partial charge in [0.05, 0.1) is 7.11 Å². The molecule has 8 heteroatoms. The van der Waals surface area contributed by atoms with E-state index < -0.39 is 12.0 Å². The lowest BCUT2D eigenvalue weighted by Crippen LogP contribution is -2.47. The SMILES string of the molecule is CONC(=O)N(C(=N)N)c1ccccn1.Cl. The molecule has 1 rings (SSSR count). The Morgan fingerprint density at radius 2 is 2.31 bits per heavy atom. The number of hydroxylamine groups is 1. The molecule has 1 aromatic rings. The van der Waals surface area contributed by atoms with Crippen LogP contribution in [0, 0.1) is 5.41 Å². The zero-order valence-corrected chi connectivity index (χ0v) is 9.32. The zero-order chi connectivity index (χ0) is 11.3. The second-order valence-electron chi connectivity index (χ2n) is 2.52. The summed E-state index contributed by atoms with van der Waals surface area (Å²) < 4.78 is 0. The van der Waals surface area contributed by atoms with E-state index >= 15 is 0 Å². The smallest absolute Gasteiger partial charge is 0.353 e. The highest BCUT2D eigenvalue weighted by Crippen LogP contribution is 2.08. The van der Waals surface area contributed by atoms with Gasteiger partial charge in [0, 0.05) is 6.20 Å². The third-order valence-corrected chi connectivity index (χ3v) is 1.51. The predicted molar refractivity (Wildman–Crippen MR) is 61.4 cm³/mol. The van der Waals surface area contributed by atoms with Crippen LogP contribution in [0.1, 0.15) is 0 Å². The van der Waals surface area contributed by atoms with Crippen LogP contribution in [0.25, 0.3) is 0 Å². The number of anilines is 1. The summed E-state index contributed by atoms with van der Waals surface area (Å²) in [4.78, 5) is 20.6. The van der Waals surface area contributed by atoms with E-state index in [0.717, 1.165) is 4.90 Å². The van der Waals surface area contributed by atoms with Crippen LogP contribution >= 0.6 is 12.4 Å². The van der Waals surface area contributed by atoms with Gasteiger partial charge in [-0.25, -0.2) is 20.2 Å². The normalized spacial score (nSPS) is 8.81. The molecular formula is C8H12ClN5O2. The number of carbonyl (C=O) groups is 1. The largest absolute Gasteiger partial charge is 0.369 e. The quantitative estimate of drug-likeness (QED) is 0.400. The highest BCUT2D eigenvalue weighted by atomic mass is 35.5. The lowest BCUT2D eigenvalue weighted by Gasteiger charge is -2.18. The molecule has 16 heavy (non-hydrogen) atoms. The molecule has 1 aromatic heterocycles. The van der Waals surface area contributed by atoms with Gasteiger partial charge in [0.25, 0.3) is 0 Å². The fourth-order valence-electron chi connectivity index (χ4n) is 0.956. The lowest BCUT2D eigenvalue weighted by molar-refractivity contribution is 0.112. The number of halogens is 1. The van der Waals surface area contributed by atoms with Crippen molar-refractivity contribution in [2.45, 2.75) is 0 Å². The topological polar surface area (TPSA) is 104 Å². The van der Waals surface area contributed by atoms with Crippen LogP contribution in [0.2, 0.25) is 0 Å². The number of nitrogens with zero attached hydrogens (tertiary/aromatic N) is 2. The Balaban J connectivity index is 0.00000225. The summed E-state index contributed by atoms with van der Waals surface area (Å²) in [5.41, 5.74) is 7.30. The van der Waals surface area contributed by atoms with Crippen LogP contribution in [0.4, 0.5) is 10.6 Å². The van der Waals surface area contributed by atoms with E-state index in [1.165, 1.54) is 13.3 Å². The molecule has 0 radical (unpaired) electrons. The number of hydrogen-bond acceptors (Lipinski definition) is 4. The summed E-state index contributed by atoms with van der Waals surface area (Å²) in [6, 6.07) is 4.24. The van der Waals surface area contributed by atoms with Crippen molar-refractivity contribution in [1.82, 2.24) is 10.5 Å². The number of guanidine groups is 1. The van der Waals surface area contributed by atoms with Gasteiger partial charge in [0.2, 0.25) is 5.96 Å². The summed E-state index contributed by atoms with van der Waals surface area (Å²) in [7, 11) is 1.29. The molecule has 0 saturated carbocycles. The molecule has 7 nitrogen and oxygen atoms in total. The molecule has 0 spiro atoms. The van der Waals surface area contributed by atoms with Crippen LogP contribution in [-0.4, -0.2) is 24.1 Å². The molecule has 0 aliphatic heterocycles. The van der Waals surface area contributed by atoms with Crippen molar-refractivity contribution in [1.29, 1.82) is 5.41 Å². The molecule has 1 heterocycles. The van der Waals surface area contributed by atoms with Gasteiger partial charge in [-0.3, -0.25) is 10.2 Å². The molecule has 0 aromatic carbocycles. The molecule has 2 amide bonds. The third kappa shape index (κ3) is 3.37. The number of pyridine rings is 1. The van der Waals surface area contributed by atoms with Crippen molar-refractivity contribution in [3.8, 4) is 0 Å². The highest BCUT2D eigenvalue weighted by molar-refractivity contribution is 6.12. The van der Waals surface area contributed by atoms with Crippen molar-refractivity contribution in [2.75, 3.05) is 12.0 Å². The number of nitrogens with one attached hydrogen (secondary N) is 2. The van der Waals surface area contributed by atoms with E-state index in [0.29, 0.717) is 0 Å². The van der Waals surface area contributed by atoms with Crippen molar-refractivity contribution in [3.05, 3.63) is 24.4 Å². The number of urea groups is 1. The van der Waals surface area contributed by atoms with Gasteiger partial charge >= 0.3 is 6.03 Å². The van der Waals surface area contributed by atoms with Crippen LogP contribution in [0.3, 0.4) is 0 Å². The third-order valence-electron chi connectivity index (χ3n) is 1.51. The Labute approximate surface area is 98.5 Å². The van der Waals surface area contributed by atoms with Crippen LogP contribution in [0.5, 0.6) is 0 Å². The minimum Gasteiger partial charge on any atom is -0.369 e. The Morgan fingerprint density at radius 3 is 2.75 bits per heavy atom. The Bertz CT molecular complexity index is 359. The number of rotatable bonds is 2. The minimum absolute atomic E-state index is 0. The van der Waals surface area contributed by atoms with Crippen LogP contribution < -0.4 is 16.1 Å². The zero-order valence-electron chi connectivity index (χ0n) is 8.51. The number of hydrogen-bond donors (Lipinski definition) is 3. The van der Waals surface area contributed by atoms with E-state index in [9.17, 15) is 4.79 Å². The first-order chi connectivity index (χ1) is 7.16. The molecule has 88 valence electrons. The first kappa shape index (κ1) is 14.1. The van der Waals surface area contributed by atoms with Gasteiger partial charge in [-0.1, -0.05) is 6.07 Å². The molecule has 0 aliphatic carbocycles. The Hall–Kier alpha value is -1.86. The molecule has 0 bridgehead atoms. The monoisotopic (exact) mass is 245 g/mol. The fraction of sp³-hybridized carbons (Fsp3) is 0.125. The fourth-order valence-corrected chi connectivity index (χ4v) is 0.956. The van der Waals surface area contributed by atoms with E-state index in [1.54, 1.807) is 18.2 Å². The first-order valence-electron chi connectivity index (χ1n) is 4.05. The minimum atomic E-state index is -0.677. The van der Waals surface area contributed by atoms with Crippen LogP contribution in [-0.2, 0) is 4.84 Å². The molecule has 4 N–H and O–H groups in total. The summed E-state index contributed by atoms with van der Waals surface area (Å²) >= 11 is 0. The van der Waals surface area contributed by atoms with E-state index in [1.807, 2.05) is 0 Å². The van der Waals surface area contributed by atoms with Crippen molar-refractivity contribution in [3.63, 3.8) is 0 Å². The van der Waals surface area contributed by atoms with Gasteiger partial charge in [-0.2, -0.15) is 0 Å². The maximum atomic E-state index is 11.4. The second kappa shape index (κ2) is 6.59. The maximum Gasteiger partial charge on any atom is 0.353 e. The molecule has 0 atom stereocenters. The predicted octanol–water partition coefficient (Wildman–Crippen LogP) is 0.474. The Kier molecular flexibility index (Phi) is 5.83. The second-order valence-corrected chi connectivity index (χ2v) is 2.52. The maximum absolute atomic E-state index is 11.4. The van der Waals surface area contributed by atoms with Crippen molar-refractivity contribution in [2.24, 2.45) is 5.73 Å². The highest BCUT2D eigenvalue weighted by Gasteiger charge is 2.19. The lowest BCUT2D eigenvalue weighted by atomic mass is 10.4. The average Bonchev–Trinajstić information content (AvgIpc) is 2.19. The van der Waals surface area contributed by atoms with E-state index in [2.05, 4.69) is 15.3 Å². The summed E-state index contributed by atoms with van der Waals surface area (Å²) in [6.45, 7) is 0. The summed E-state index contributed by atoms with van der Waals surface area (Å²) in [5.74, 6) is -0.192. The number of nitrogens with two attached hydrogens (primary N) is 1. The van der Waals surface area contributed by atoms with Crippen molar-refractivity contribution < 1.29 is 9.63 Å². The van der Waals surface area contributed by atoms with Gasteiger partial charge < -0.3 is 5.73 Å².